The van der Waals surface area contributed by atoms with E-state index in [0.717, 1.165) is 25.0 Å². The molecule has 0 aliphatic carbocycles. The van der Waals surface area contributed by atoms with Gasteiger partial charge in [0, 0.05) is 12.1 Å². The van der Waals surface area contributed by atoms with E-state index >= 15 is 0 Å². The summed E-state index contributed by atoms with van der Waals surface area (Å²) in [5, 5.41) is 0. The first-order valence-corrected chi connectivity index (χ1v) is 5.04. The highest BCUT2D eigenvalue weighted by Crippen LogP contribution is 2.17. The van der Waals surface area contributed by atoms with Gasteiger partial charge in [0.1, 0.15) is 0 Å². The van der Waals surface area contributed by atoms with Crippen LogP contribution in [0.1, 0.15) is 37.9 Å². The molecule has 0 amide bonds. The lowest BCUT2D eigenvalue weighted by molar-refractivity contribution is 0.394. The van der Waals surface area contributed by atoms with Crippen molar-refractivity contribution < 1.29 is 4.74 Å². The summed E-state index contributed by atoms with van der Waals surface area (Å²) in [4.78, 5) is 4.30. The van der Waals surface area contributed by atoms with E-state index in [1.165, 1.54) is 0 Å². The number of aromatic nitrogens is 1. The summed E-state index contributed by atoms with van der Waals surface area (Å²) in [6.45, 7) is 2.16. The quantitative estimate of drug-likeness (QED) is 0.782. The van der Waals surface area contributed by atoms with Crippen LogP contribution in [-0.2, 0) is 0 Å². The number of ether oxygens (including phenoxy) is 1. The Labute approximate surface area is 85.3 Å². The maximum absolute atomic E-state index is 5.99. The molecule has 3 nitrogen and oxygen atoms in total. The largest absolute Gasteiger partial charge is 0.481 e. The normalized spacial score (nSPS) is 12.5. The molecule has 1 aromatic heterocycles. The summed E-state index contributed by atoms with van der Waals surface area (Å²) in [6.07, 6.45) is 3.29. The SMILES string of the molecule is CCCCC(N)c1cccc(OC)n1. The van der Waals surface area contributed by atoms with E-state index in [-0.39, 0.29) is 6.04 Å². The van der Waals surface area contributed by atoms with Gasteiger partial charge in [0.15, 0.2) is 0 Å². The third-order valence-corrected chi connectivity index (χ3v) is 2.20. The lowest BCUT2D eigenvalue weighted by Gasteiger charge is -2.10. The number of unbranched alkanes of at least 4 members (excludes halogenated alkanes) is 1. The minimum atomic E-state index is 0.0325. The monoisotopic (exact) mass is 194 g/mol. The van der Waals surface area contributed by atoms with Crippen molar-refractivity contribution in [3.63, 3.8) is 0 Å². The van der Waals surface area contributed by atoms with E-state index in [0.29, 0.717) is 5.88 Å². The highest BCUT2D eigenvalue weighted by Gasteiger charge is 2.07. The fourth-order valence-electron chi connectivity index (χ4n) is 1.32. The highest BCUT2D eigenvalue weighted by atomic mass is 16.5. The molecule has 1 rings (SSSR count). The lowest BCUT2D eigenvalue weighted by Crippen LogP contribution is -2.12. The average Bonchev–Trinajstić information content (AvgIpc) is 2.26. The molecule has 1 atom stereocenters. The molecule has 1 unspecified atom stereocenters. The van der Waals surface area contributed by atoms with Gasteiger partial charge in [0.2, 0.25) is 5.88 Å². The summed E-state index contributed by atoms with van der Waals surface area (Å²) in [5.74, 6) is 0.634. The van der Waals surface area contributed by atoms with Crippen molar-refractivity contribution in [1.82, 2.24) is 4.98 Å². The molecule has 0 spiro atoms. The molecule has 2 N–H and O–H groups in total. The fraction of sp³-hybridized carbons (Fsp3) is 0.545. The molecule has 0 aromatic carbocycles. The van der Waals surface area contributed by atoms with Gasteiger partial charge in [0.05, 0.1) is 12.8 Å². The number of methoxy groups -OCH3 is 1. The summed E-state index contributed by atoms with van der Waals surface area (Å²) < 4.78 is 5.04. The van der Waals surface area contributed by atoms with Gasteiger partial charge in [-0.15, -0.1) is 0 Å². The topological polar surface area (TPSA) is 48.1 Å². The zero-order valence-electron chi connectivity index (χ0n) is 8.86. The van der Waals surface area contributed by atoms with Crippen LogP contribution >= 0.6 is 0 Å². The third-order valence-electron chi connectivity index (χ3n) is 2.20. The summed E-state index contributed by atoms with van der Waals surface area (Å²) in [7, 11) is 1.61. The van der Waals surface area contributed by atoms with Crippen LogP contribution in [0.2, 0.25) is 0 Å². The maximum Gasteiger partial charge on any atom is 0.213 e. The second-order valence-corrected chi connectivity index (χ2v) is 3.35. The Morgan fingerprint density at radius 3 is 2.93 bits per heavy atom. The fourth-order valence-corrected chi connectivity index (χ4v) is 1.32. The van der Waals surface area contributed by atoms with Crippen LogP contribution in [0, 0.1) is 0 Å². The minimum absolute atomic E-state index is 0.0325. The van der Waals surface area contributed by atoms with Crippen molar-refractivity contribution in [3.05, 3.63) is 23.9 Å². The number of hydrogen-bond acceptors (Lipinski definition) is 3. The molecule has 0 radical (unpaired) electrons. The number of nitrogens with zero attached hydrogens (tertiary/aromatic N) is 1. The van der Waals surface area contributed by atoms with Crippen molar-refractivity contribution in [2.75, 3.05) is 7.11 Å². The molecule has 14 heavy (non-hydrogen) atoms. The standard InChI is InChI=1S/C11H18N2O/c1-3-4-6-9(12)10-7-5-8-11(13-10)14-2/h5,7-9H,3-4,6,12H2,1-2H3. The number of pyridine rings is 1. The molecular formula is C11H18N2O. The molecule has 0 saturated carbocycles. The molecule has 0 aliphatic rings. The first kappa shape index (κ1) is 11.0. The zero-order chi connectivity index (χ0) is 10.4. The van der Waals surface area contributed by atoms with Crippen LogP contribution in [-0.4, -0.2) is 12.1 Å². The molecule has 0 fully saturated rings. The van der Waals surface area contributed by atoms with Crippen molar-refractivity contribution in [2.24, 2.45) is 5.73 Å². The molecule has 0 saturated heterocycles. The van der Waals surface area contributed by atoms with Gasteiger partial charge in [-0.05, 0) is 12.5 Å². The van der Waals surface area contributed by atoms with E-state index < -0.39 is 0 Å². The van der Waals surface area contributed by atoms with Crippen LogP contribution in [0.5, 0.6) is 5.88 Å². The summed E-state index contributed by atoms with van der Waals surface area (Å²) in [5.41, 5.74) is 6.90. The van der Waals surface area contributed by atoms with Crippen molar-refractivity contribution in [1.29, 1.82) is 0 Å². The van der Waals surface area contributed by atoms with Gasteiger partial charge in [-0.2, -0.15) is 0 Å². The smallest absolute Gasteiger partial charge is 0.213 e. The zero-order valence-corrected chi connectivity index (χ0v) is 8.86. The lowest BCUT2D eigenvalue weighted by atomic mass is 10.1. The van der Waals surface area contributed by atoms with Gasteiger partial charge in [-0.3, -0.25) is 0 Å². The molecule has 78 valence electrons. The van der Waals surface area contributed by atoms with Gasteiger partial charge >= 0.3 is 0 Å². The summed E-state index contributed by atoms with van der Waals surface area (Å²) >= 11 is 0. The molecule has 1 heterocycles. The Balaban J connectivity index is 2.64. The van der Waals surface area contributed by atoms with E-state index in [1.807, 2.05) is 18.2 Å². The minimum Gasteiger partial charge on any atom is -0.481 e. The first-order valence-electron chi connectivity index (χ1n) is 5.04. The van der Waals surface area contributed by atoms with Crippen molar-refractivity contribution in [3.8, 4) is 5.88 Å². The van der Waals surface area contributed by atoms with Crippen LogP contribution in [0.15, 0.2) is 18.2 Å². The molecular weight excluding hydrogens is 176 g/mol. The Bertz CT molecular complexity index is 276. The van der Waals surface area contributed by atoms with Gasteiger partial charge in [-0.25, -0.2) is 4.98 Å². The van der Waals surface area contributed by atoms with E-state index in [4.69, 9.17) is 10.5 Å². The molecule has 0 aliphatic heterocycles. The van der Waals surface area contributed by atoms with Crippen molar-refractivity contribution in [2.45, 2.75) is 32.2 Å². The third kappa shape index (κ3) is 3.00. The van der Waals surface area contributed by atoms with Crippen LogP contribution in [0.25, 0.3) is 0 Å². The number of nitrogens with two attached hydrogens (primary N) is 1. The Hall–Kier alpha value is -1.09. The summed E-state index contributed by atoms with van der Waals surface area (Å²) in [6, 6.07) is 5.73. The predicted molar refractivity (Wildman–Crippen MR) is 57.2 cm³/mol. The van der Waals surface area contributed by atoms with Crippen LogP contribution < -0.4 is 10.5 Å². The van der Waals surface area contributed by atoms with Crippen LogP contribution in [0.3, 0.4) is 0 Å². The van der Waals surface area contributed by atoms with E-state index in [1.54, 1.807) is 7.11 Å². The highest BCUT2D eigenvalue weighted by molar-refractivity contribution is 5.17. The van der Waals surface area contributed by atoms with Gasteiger partial charge in [-0.1, -0.05) is 25.8 Å². The number of hydrogen-bond donors (Lipinski definition) is 1. The maximum atomic E-state index is 5.99. The second-order valence-electron chi connectivity index (χ2n) is 3.35. The molecule has 3 heteroatoms. The van der Waals surface area contributed by atoms with Crippen LogP contribution in [0.4, 0.5) is 0 Å². The Morgan fingerprint density at radius 2 is 2.29 bits per heavy atom. The molecule has 1 aromatic rings. The molecule has 0 bridgehead atoms. The number of rotatable bonds is 5. The Morgan fingerprint density at radius 1 is 1.50 bits per heavy atom. The predicted octanol–water partition coefficient (Wildman–Crippen LogP) is 2.28. The first-order chi connectivity index (χ1) is 6.77. The second kappa shape index (κ2) is 5.60. The van der Waals surface area contributed by atoms with E-state index in [2.05, 4.69) is 11.9 Å². The van der Waals surface area contributed by atoms with Crippen molar-refractivity contribution >= 4 is 0 Å². The van der Waals surface area contributed by atoms with E-state index in [9.17, 15) is 0 Å². The van der Waals surface area contributed by atoms with Gasteiger partial charge in [0.25, 0.3) is 0 Å². The Kier molecular flexibility index (Phi) is 4.40. The van der Waals surface area contributed by atoms with Gasteiger partial charge < -0.3 is 10.5 Å². The average molecular weight is 194 g/mol.